The van der Waals surface area contributed by atoms with Crippen molar-refractivity contribution in [1.29, 1.82) is 0 Å². The molecule has 0 atom stereocenters. The van der Waals surface area contributed by atoms with Crippen LogP contribution in [0.25, 0.3) is 0 Å². The molecule has 0 N–H and O–H groups in total. The average molecular weight is 224 g/mol. The van der Waals surface area contributed by atoms with Gasteiger partial charge in [-0.15, -0.1) is 0 Å². The summed E-state index contributed by atoms with van der Waals surface area (Å²) in [5.74, 6) is 0.725. The fourth-order valence-electron chi connectivity index (χ4n) is 1.60. The second kappa shape index (κ2) is 12.5. The topological polar surface area (TPSA) is 0 Å². The highest BCUT2D eigenvalue weighted by Gasteiger charge is 1.98. The second-order valence-corrected chi connectivity index (χ2v) is 4.31. The van der Waals surface area contributed by atoms with Crippen molar-refractivity contribution < 1.29 is 0 Å². The molecule has 0 rings (SSSR count). The maximum Gasteiger partial charge on any atom is -0.0260 e. The van der Waals surface area contributed by atoms with Crippen molar-refractivity contribution in [2.24, 2.45) is 5.92 Å². The fourth-order valence-corrected chi connectivity index (χ4v) is 1.60. The quantitative estimate of drug-likeness (QED) is 0.375. The van der Waals surface area contributed by atoms with Gasteiger partial charge < -0.3 is 0 Å². The largest absolute Gasteiger partial charge is 0.0887 e. The Hall–Kier alpha value is -0.520. The maximum atomic E-state index is 2.44. The third-order valence-electron chi connectivity index (χ3n) is 2.82. The minimum atomic E-state index is 0.725. The van der Waals surface area contributed by atoms with Gasteiger partial charge in [0.05, 0.1) is 0 Å². The first-order chi connectivity index (χ1) is 7.61. The molecule has 0 aliphatic rings. The Morgan fingerprint density at radius 2 is 1.75 bits per heavy atom. The summed E-state index contributed by atoms with van der Waals surface area (Å²) in [7, 11) is 0. The van der Waals surface area contributed by atoms with Gasteiger partial charge in [0.2, 0.25) is 0 Å². The van der Waals surface area contributed by atoms with Crippen molar-refractivity contribution in [2.45, 2.75) is 74.1 Å². The predicted molar refractivity (Wildman–Crippen MR) is 77.8 cm³/mol. The van der Waals surface area contributed by atoms with E-state index in [0.717, 1.165) is 5.92 Å². The molecule has 0 aromatic heterocycles. The van der Waals surface area contributed by atoms with Gasteiger partial charge in [-0.25, -0.2) is 0 Å². The summed E-state index contributed by atoms with van der Waals surface area (Å²) >= 11 is 0. The lowest BCUT2D eigenvalue weighted by molar-refractivity contribution is 0.715. The van der Waals surface area contributed by atoms with Gasteiger partial charge in [0.25, 0.3) is 0 Å². The number of hydrogen-bond acceptors (Lipinski definition) is 0. The highest BCUT2D eigenvalue weighted by molar-refractivity contribution is 5.04. The molecule has 0 nitrogen and oxygen atoms in total. The van der Waals surface area contributed by atoms with Gasteiger partial charge >= 0.3 is 0 Å². The van der Waals surface area contributed by atoms with E-state index >= 15 is 0 Å². The average Bonchev–Trinajstić information content (AvgIpc) is 2.30. The molecule has 0 amide bonds. The Morgan fingerprint density at radius 3 is 2.12 bits per heavy atom. The number of rotatable bonds is 6. The molecule has 0 bridgehead atoms. The molecule has 0 aliphatic heterocycles. The predicted octanol–water partition coefficient (Wildman–Crippen LogP) is 6.14. The van der Waals surface area contributed by atoms with E-state index < -0.39 is 0 Å². The molecule has 0 heteroatoms. The lowest BCUT2D eigenvalue weighted by Gasteiger charge is -2.08. The van der Waals surface area contributed by atoms with Gasteiger partial charge in [-0.2, -0.15) is 0 Å². The first kappa shape index (κ1) is 17.9. The zero-order chi connectivity index (χ0) is 13.0. The standard InChI is InChI=1S/C14H26.C2H6/c1-6-13(5)10-8-9-11-14(7-2)12(3)4;1-2/h6,11-12H,7-10H2,1-5H3;1-2H3/b13-6+,14-11+;. The highest BCUT2D eigenvalue weighted by Crippen LogP contribution is 2.16. The van der Waals surface area contributed by atoms with Crippen LogP contribution in [0.2, 0.25) is 0 Å². The van der Waals surface area contributed by atoms with Crippen LogP contribution in [0, 0.1) is 5.92 Å². The maximum absolute atomic E-state index is 2.44. The Balaban J connectivity index is 0. The molecular formula is C16H32. The summed E-state index contributed by atoms with van der Waals surface area (Å²) in [5, 5.41) is 0. The molecule has 16 heavy (non-hydrogen) atoms. The number of allylic oxidation sites excluding steroid dienone is 4. The van der Waals surface area contributed by atoms with Crippen LogP contribution in [0.4, 0.5) is 0 Å². The molecule has 0 aromatic rings. The van der Waals surface area contributed by atoms with E-state index in [2.05, 4.69) is 46.8 Å². The summed E-state index contributed by atoms with van der Waals surface area (Å²) in [5.41, 5.74) is 3.13. The van der Waals surface area contributed by atoms with Crippen LogP contribution >= 0.6 is 0 Å². The molecule has 0 radical (unpaired) electrons. The van der Waals surface area contributed by atoms with Crippen LogP contribution in [-0.2, 0) is 0 Å². The Morgan fingerprint density at radius 1 is 1.19 bits per heavy atom. The molecule has 0 aliphatic carbocycles. The van der Waals surface area contributed by atoms with Gasteiger partial charge in [0, 0.05) is 0 Å². The van der Waals surface area contributed by atoms with E-state index in [1.807, 2.05) is 13.8 Å². The molecule has 0 saturated heterocycles. The van der Waals surface area contributed by atoms with E-state index in [-0.39, 0.29) is 0 Å². The summed E-state index contributed by atoms with van der Waals surface area (Å²) in [4.78, 5) is 0. The third kappa shape index (κ3) is 10.0. The molecule has 0 saturated carbocycles. The van der Waals surface area contributed by atoms with Crippen LogP contribution in [0.5, 0.6) is 0 Å². The van der Waals surface area contributed by atoms with E-state index in [0.29, 0.717) is 0 Å². The summed E-state index contributed by atoms with van der Waals surface area (Å²) in [6.45, 7) is 15.2. The van der Waals surface area contributed by atoms with Gasteiger partial charge in [-0.05, 0) is 45.4 Å². The van der Waals surface area contributed by atoms with E-state index in [9.17, 15) is 0 Å². The van der Waals surface area contributed by atoms with Gasteiger partial charge in [-0.3, -0.25) is 0 Å². The molecule has 0 unspecified atom stereocenters. The van der Waals surface area contributed by atoms with Crippen LogP contribution in [-0.4, -0.2) is 0 Å². The summed E-state index contributed by atoms with van der Waals surface area (Å²) < 4.78 is 0. The second-order valence-electron chi connectivity index (χ2n) is 4.31. The van der Waals surface area contributed by atoms with Crippen molar-refractivity contribution in [2.75, 3.05) is 0 Å². The van der Waals surface area contributed by atoms with E-state index in [1.54, 1.807) is 5.57 Å². The minimum absolute atomic E-state index is 0.725. The molecule has 96 valence electrons. The van der Waals surface area contributed by atoms with Gasteiger partial charge in [0.1, 0.15) is 0 Å². The zero-order valence-corrected chi connectivity index (χ0v) is 12.6. The van der Waals surface area contributed by atoms with Crippen molar-refractivity contribution in [1.82, 2.24) is 0 Å². The minimum Gasteiger partial charge on any atom is -0.0887 e. The molecule has 0 heterocycles. The Kier molecular flexibility index (Phi) is 14.0. The van der Waals surface area contributed by atoms with Crippen molar-refractivity contribution >= 4 is 0 Å². The summed E-state index contributed by atoms with van der Waals surface area (Å²) in [6.07, 6.45) is 9.65. The molecule has 0 aromatic carbocycles. The third-order valence-corrected chi connectivity index (χ3v) is 2.82. The lowest BCUT2D eigenvalue weighted by Crippen LogP contribution is -1.92. The van der Waals surface area contributed by atoms with Crippen LogP contribution < -0.4 is 0 Å². The number of hydrogen-bond donors (Lipinski definition) is 0. The molecule has 0 fully saturated rings. The SMILES string of the molecule is C/C=C(\C)CCC/C=C(\CC)C(C)C.CC. The molecule has 0 spiro atoms. The van der Waals surface area contributed by atoms with E-state index in [1.165, 1.54) is 31.3 Å². The van der Waals surface area contributed by atoms with Crippen molar-refractivity contribution in [3.05, 3.63) is 23.3 Å². The summed E-state index contributed by atoms with van der Waals surface area (Å²) in [6, 6.07) is 0. The van der Waals surface area contributed by atoms with Crippen LogP contribution in [0.1, 0.15) is 74.1 Å². The monoisotopic (exact) mass is 224 g/mol. The van der Waals surface area contributed by atoms with Crippen LogP contribution in [0.3, 0.4) is 0 Å². The van der Waals surface area contributed by atoms with Crippen molar-refractivity contribution in [3.63, 3.8) is 0 Å². The fraction of sp³-hybridized carbons (Fsp3) is 0.750. The number of unbranched alkanes of at least 4 members (excludes halogenated alkanes) is 1. The Bertz CT molecular complexity index is 194. The van der Waals surface area contributed by atoms with Crippen molar-refractivity contribution in [3.8, 4) is 0 Å². The zero-order valence-electron chi connectivity index (χ0n) is 12.6. The molecular weight excluding hydrogens is 192 g/mol. The van der Waals surface area contributed by atoms with Crippen LogP contribution in [0.15, 0.2) is 23.3 Å². The van der Waals surface area contributed by atoms with E-state index in [4.69, 9.17) is 0 Å². The van der Waals surface area contributed by atoms with Gasteiger partial charge in [0.15, 0.2) is 0 Å². The lowest BCUT2D eigenvalue weighted by atomic mass is 9.98. The first-order valence-corrected chi connectivity index (χ1v) is 6.92. The highest BCUT2D eigenvalue weighted by atomic mass is 14.0. The normalized spacial score (nSPS) is 12.5. The van der Waals surface area contributed by atoms with Gasteiger partial charge in [-0.1, -0.05) is 57.9 Å². The first-order valence-electron chi connectivity index (χ1n) is 6.92. The Labute approximate surface area is 104 Å². The smallest absolute Gasteiger partial charge is 0.0260 e.